The van der Waals surface area contributed by atoms with Crippen molar-refractivity contribution in [3.8, 4) is 0 Å². The molecule has 1 atom stereocenters. The molecule has 138 valence electrons. The summed E-state index contributed by atoms with van der Waals surface area (Å²) in [4.78, 5) is 17.1. The Bertz CT molecular complexity index is 745. The monoisotopic (exact) mass is 355 g/mol. The van der Waals surface area contributed by atoms with Gasteiger partial charge in [-0.2, -0.15) is 0 Å². The van der Waals surface area contributed by atoms with E-state index in [1.807, 2.05) is 43.3 Å². The van der Waals surface area contributed by atoms with Crippen LogP contribution >= 0.6 is 0 Å². The second-order valence-corrected chi connectivity index (χ2v) is 7.14. The molecule has 1 saturated heterocycles. The SMILES string of the molecule is CN(C)Cc1ccccc1C(=O)N1CCCC(Nc2ccc(F)cc2)C1. The predicted molar refractivity (Wildman–Crippen MR) is 103 cm³/mol. The van der Waals surface area contributed by atoms with E-state index in [0.717, 1.165) is 42.7 Å². The third-order valence-corrected chi connectivity index (χ3v) is 4.66. The van der Waals surface area contributed by atoms with Crippen LogP contribution in [-0.2, 0) is 6.54 Å². The lowest BCUT2D eigenvalue weighted by Crippen LogP contribution is -2.45. The van der Waals surface area contributed by atoms with Gasteiger partial charge < -0.3 is 15.1 Å². The molecule has 0 spiro atoms. The Kier molecular flexibility index (Phi) is 5.89. The van der Waals surface area contributed by atoms with E-state index in [-0.39, 0.29) is 17.8 Å². The fraction of sp³-hybridized carbons (Fsp3) is 0.381. The minimum absolute atomic E-state index is 0.0908. The number of amides is 1. The van der Waals surface area contributed by atoms with Gasteiger partial charge in [-0.15, -0.1) is 0 Å². The van der Waals surface area contributed by atoms with E-state index in [9.17, 15) is 9.18 Å². The zero-order valence-corrected chi connectivity index (χ0v) is 15.4. The van der Waals surface area contributed by atoms with Gasteiger partial charge in [0.1, 0.15) is 5.82 Å². The van der Waals surface area contributed by atoms with Gasteiger partial charge in [-0.1, -0.05) is 18.2 Å². The summed E-state index contributed by atoms with van der Waals surface area (Å²) in [6.45, 7) is 2.18. The Morgan fingerprint density at radius 1 is 1.19 bits per heavy atom. The summed E-state index contributed by atoms with van der Waals surface area (Å²) < 4.78 is 13.1. The molecule has 2 aromatic rings. The summed E-state index contributed by atoms with van der Waals surface area (Å²) in [5.74, 6) is -0.151. The van der Waals surface area contributed by atoms with Gasteiger partial charge in [-0.05, 0) is 62.8 Å². The van der Waals surface area contributed by atoms with Crippen molar-refractivity contribution < 1.29 is 9.18 Å². The number of carbonyl (C=O) groups is 1. The summed E-state index contributed by atoms with van der Waals surface area (Å²) in [5.41, 5.74) is 2.72. The molecule has 1 heterocycles. The molecule has 0 saturated carbocycles. The number of nitrogens with zero attached hydrogens (tertiary/aromatic N) is 2. The maximum atomic E-state index is 13.1. The lowest BCUT2D eigenvalue weighted by Gasteiger charge is -2.34. The first-order chi connectivity index (χ1) is 12.5. The number of rotatable bonds is 5. The van der Waals surface area contributed by atoms with Crippen LogP contribution < -0.4 is 5.32 Å². The van der Waals surface area contributed by atoms with Gasteiger partial charge in [0.05, 0.1) is 0 Å². The quantitative estimate of drug-likeness (QED) is 0.890. The van der Waals surface area contributed by atoms with Gasteiger partial charge in [-0.3, -0.25) is 4.79 Å². The number of benzene rings is 2. The molecular formula is C21H26FN3O. The molecule has 0 radical (unpaired) electrons. The minimum atomic E-state index is -0.242. The van der Waals surface area contributed by atoms with Crippen LogP contribution in [0.15, 0.2) is 48.5 Å². The summed E-state index contributed by atoms with van der Waals surface area (Å²) in [6, 6.07) is 14.4. The molecule has 1 amide bonds. The molecule has 4 nitrogen and oxygen atoms in total. The Morgan fingerprint density at radius 2 is 1.92 bits per heavy atom. The Labute approximate surface area is 154 Å². The molecule has 1 aliphatic rings. The maximum absolute atomic E-state index is 13.1. The van der Waals surface area contributed by atoms with Gasteiger partial charge in [0.2, 0.25) is 0 Å². The van der Waals surface area contributed by atoms with E-state index >= 15 is 0 Å². The molecule has 26 heavy (non-hydrogen) atoms. The molecule has 1 unspecified atom stereocenters. The molecule has 5 heteroatoms. The Balaban J connectivity index is 1.69. The van der Waals surface area contributed by atoms with Crippen molar-refractivity contribution in [3.63, 3.8) is 0 Å². The number of nitrogens with one attached hydrogen (secondary N) is 1. The molecule has 0 aromatic heterocycles. The van der Waals surface area contributed by atoms with Crippen molar-refractivity contribution in [1.29, 1.82) is 0 Å². The van der Waals surface area contributed by atoms with Crippen LogP contribution in [0.2, 0.25) is 0 Å². The third-order valence-electron chi connectivity index (χ3n) is 4.66. The van der Waals surface area contributed by atoms with Gasteiger partial charge in [0, 0.05) is 36.9 Å². The van der Waals surface area contributed by atoms with Gasteiger partial charge in [0.15, 0.2) is 0 Å². The molecule has 1 fully saturated rings. The molecule has 2 aromatic carbocycles. The van der Waals surface area contributed by atoms with Crippen molar-refractivity contribution >= 4 is 11.6 Å². The van der Waals surface area contributed by atoms with Crippen LogP contribution in [0.4, 0.5) is 10.1 Å². The topological polar surface area (TPSA) is 35.6 Å². The van der Waals surface area contributed by atoms with Crippen molar-refractivity contribution in [2.75, 3.05) is 32.5 Å². The third kappa shape index (κ3) is 4.61. The normalized spacial score (nSPS) is 17.4. The van der Waals surface area contributed by atoms with Gasteiger partial charge in [-0.25, -0.2) is 4.39 Å². The van der Waals surface area contributed by atoms with Crippen molar-refractivity contribution in [2.24, 2.45) is 0 Å². The molecule has 1 N–H and O–H groups in total. The zero-order valence-electron chi connectivity index (χ0n) is 15.4. The van der Waals surface area contributed by atoms with Crippen molar-refractivity contribution in [3.05, 3.63) is 65.5 Å². The zero-order chi connectivity index (χ0) is 18.5. The first-order valence-corrected chi connectivity index (χ1v) is 9.07. The fourth-order valence-electron chi connectivity index (χ4n) is 3.44. The van der Waals surface area contributed by atoms with Crippen LogP contribution in [0.5, 0.6) is 0 Å². The van der Waals surface area contributed by atoms with E-state index in [4.69, 9.17) is 0 Å². The first kappa shape index (κ1) is 18.4. The Hall–Kier alpha value is -2.40. The fourth-order valence-corrected chi connectivity index (χ4v) is 3.44. The average Bonchev–Trinajstić information content (AvgIpc) is 2.63. The van der Waals surface area contributed by atoms with Crippen molar-refractivity contribution in [2.45, 2.75) is 25.4 Å². The average molecular weight is 355 g/mol. The molecule has 3 rings (SSSR count). The highest BCUT2D eigenvalue weighted by Crippen LogP contribution is 2.20. The summed E-state index contributed by atoms with van der Waals surface area (Å²) >= 11 is 0. The number of piperidine rings is 1. The summed E-state index contributed by atoms with van der Waals surface area (Å²) in [5, 5.41) is 3.42. The second kappa shape index (κ2) is 8.32. The standard InChI is InChI=1S/C21H26FN3O/c1-24(2)14-16-6-3-4-8-20(16)21(26)25-13-5-7-19(15-25)23-18-11-9-17(22)10-12-18/h3-4,6,8-12,19,23H,5,7,13-15H2,1-2H3. The molecule has 0 bridgehead atoms. The highest BCUT2D eigenvalue weighted by molar-refractivity contribution is 5.95. The second-order valence-electron chi connectivity index (χ2n) is 7.14. The smallest absolute Gasteiger partial charge is 0.254 e. The molecular weight excluding hydrogens is 329 g/mol. The predicted octanol–water partition coefficient (Wildman–Crippen LogP) is 3.60. The lowest BCUT2D eigenvalue weighted by atomic mass is 10.0. The number of anilines is 1. The highest BCUT2D eigenvalue weighted by atomic mass is 19.1. The maximum Gasteiger partial charge on any atom is 0.254 e. The number of halogens is 1. The van der Waals surface area contributed by atoms with Crippen LogP contribution in [0.25, 0.3) is 0 Å². The van der Waals surface area contributed by atoms with Crippen molar-refractivity contribution in [1.82, 2.24) is 9.80 Å². The minimum Gasteiger partial charge on any atom is -0.381 e. The van der Waals surface area contributed by atoms with Gasteiger partial charge >= 0.3 is 0 Å². The first-order valence-electron chi connectivity index (χ1n) is 9.07. The van der Waals surface area contributed by atoms with E-state index in [0.29, 0.717) is 6.54 Å². The lowest BCUT2D eigenvalue weighted by molar-refractivity contribution is 0.0713. The van der Waals surface area contributed by atoms with Crippen LogP contribution in [-0.4, -0.2) is 48.9 Å². The van der Waals surface area contributed by atoms with Crippen LogP contribution in [0, 0.1) is 5.82 Å². The van der Waals surface area contributed by atoms with E-state index in [2.05, 4.69) is 10.2 Å². The largest absolute Gasteiger partial charge is 0.381 e. The van der Waals surface area contributed by atoms with Crippen LogP contribution in [0.3, 0.4) is 0 Å². The number of likely N-dealkylation sites (tertiary alicyclic amines) is 1. The van der Waals surface area contributed by atoms with Gasteiger partial charge in [0.25, 0.3) is 5.91 Å². The highest BCUT2D eigenvalue weighted by Gasteiger charge is 2.25. The van der Waals surface area contributed by atoms with E-state index in [1.165, 1.54) is 12.1 Å². The van der Waals surface area contributed by atoms with E-state index < -0.39 is 0 Å². The molecule has 0 aliphatic carbocycles. The van der Waals surface area contributed by atoms with E-state index in [1.54, 1.807) is 12.1 Å². The summed E-state index contributed by atoms with van der Waals surface area (Å²) in [6.07, 6.45) is 1.96. The Morgan fingerprint density at radius 3 is 2.65 bits per heavy atom. The number of hydrogen-bond donors (Lipinski definition) is 1. The summed E-state index contributed by atoms with van der Waals surface area (Å²) in [7, 11) is 4.01. The number of hydrogen-bond acceptors (Lipinski definition) is 3. The molecule has 1 aliphatic heterocycles. The number of carbonyl (C=O) groups excluding carboxylic acids is 1. The van der Waals surface area contributed by atoms with Crippen LogP contribution in [0.1, 0.15) is 28.8 Å².